The Kier molecular flexibility index (Phi) is 4.94. The number of aryl methyl sites for hydroxylation is 2. The number of hydrogen-bond acceptors (Lipinski definition) is 4. The molecule has 1 saturated heterocycles. The Hall–Kier alpha value is -2.21. The van der Waals surface area contributed by atoms with E-state index in [2.05, 4.69) is 22.3 Å². The van der Waals surface area contributed by atoms with Crippen molar-refractivity contribution in [3.05, 3.63) is 41.3 Å². The second-order valence-corrected chi connectivity index (χ2v) is 6.39. The lowest BCUT2D eigenvalue weighted by molar-refractivity contribution is 0.0692. The zero-order valence-electron chi connectivity index (χ0n) is 14.6. The average Bonchev–Trinajstić information content (AvgIpc) is 3.22. The van der Waals surface area contributed by atoms with Crippen molar-refractivity contribution >= 4 is 5.91 Å². The van der Waals surface area contributed by atoms with Gasteiger partial charge in [-0.05, 0) is 51.4 Å². The molecule has 1 atom stereocenters. The van der Waals surface area contributed by atoms with E-state index in [-0.39, 0.29) is 11.9 Å². The molecule has 1 aliphatic rings. The van der Waals surface area contributed by atoms with Gasteiger partial charge >= 0.3 is 0 Å². The van der Waals surface area contributed by atoms with Crippen LogP contribution in [0.15, 0.2) is 24.4 Å². The van der Waals surface area contributed by atoms with Gasteiger partial charge in [-0.25, -0.2) is 9.67 Å². The summed E-state index contributed by atoms with van der Waals surface area (Å²) >= 11 is 0. The summed E-state index contributed by atoms with van der Waals surface area (Å²) in [6.45, 7) is 8.70. The van der Waals surface area contributed by atoms with Gasteiger partial charge in [0.1, 0.15) is 0 Å². The molecule has 3 rings (SSSR count). The van der Waals surface area contributed by atoms with Gasteiger partial charge in [0.25, 0.3) is 5.91 Å². The number of nitrogens with zero attached hydrogens (tertiary/aromatic N) is 4. The highest BCUT2D eigenvalue weighted by Gasteiger charge is 2.26. The highest BCUT2D eigenvalue weighted by molar-refractivity contribution is 5.94. The topological polar surface area (TPSA) is 63.1 Å². The van der Waals surface area contributed by atoms with Crippen molar-refractivity contribution in [2.45, 2.75) is 39.7 Å². The molecule has 0 spiro atoms. The fourth-order valence-electron chi connectivity index (χ4n) is 3.26. The predicted molar refractivity (Wildman–Crippen MR) is 93.4 cm³/mol. The van der Waals surface area contributed by atoms with Crippen LogP contribution in [0.1, 0.15) is 41.5 Å². The van der Waals surface area contributed by atoms with Crippen LogP contribution in [-0.2, 0) is 0 Å². The van der Waals surface area contributed by atoms with Crippen LogP contribution in [0.3, 0.4) is 0 Å². The monoisotopic (exact) mass is 327 g/mol. The molecule has 24 heavy (non-hydrogen) atoms. The summed E-state index contributed by atoms with van der Waals surface area (Å²) in [6.07, 6.45) is 3.64. The number of carbonyl (C=O) groups excluding carboxylic acids is 1. The molecule has 0 radical (unpaired) electrons. The van der Waals surface area contributed by atoms with Crippen LogP contribution in [0.4, 0.5) is 0 Å². The molecule has 6 heteroatoms. The number of nitrogens with one attached hydrogen (secondary N) is 1. The number of amides is 1. The van der Waals surface area contributed by atoms with Crippen LogP contribution < -0.4 is 5.32 Å². The molecule has 3 heterocycles. The molecule has 1 unspecified atom stereocenters. The van der Waals surface area contributed by atoms with Crippen LogP contribution >= 0.6 is 0 Å². The maximum atomic E-state index is 12.9. The molecule has 2 aromatic heterocycles. The summed E-state index contributed by atoms with van der Waals surface area (Å²) in [5, 5.41) is 7.77. The summed E-state index contributed by atoms with van der Waals surface area (Å²) in [5.41, 5.74) is 2.63. The molecule has 1 amide bonds. The smallest absolute Gasteiger partial charge is 0.255 e. The Labute approximate surface area is 142 Å². The molecule has 128 valence electrons. The molecule has 1 fully saturated rings. The van der Waals surface area contributed by atoms with Gasteiger partial charge in [-0.15, -0.1) is 0 Å². The first-order valence-electron chi connectivity index (χ1n) is 8.61. The van der Waals surface area contributed by atoms with Gasteiger partial charge in [-0.3, -0.25) is 4.79 Å². The van der Waals surface area contributed by atoms with Crippen molar-refractivity contribution in [2.24, 2.45) is 0 Å². The summed E-state index contributed by atoms with van der Waals surface area (Å²) in [5.74, 6) is 0.805. The van der Waals surface area contributed by atoms with E-state index in [0.717, 1.165) is 49.7 Å². The van der Waals surface area contributed by atoms with Gasteiger partial charge in [0.15, 0.2) is 5.82 Å². The Morgan fingerprint density at radius 2 is 2.25 bits per heavy atom. The second-order valence-electron chi connectivity index (χ2n) is 6.39. The van der Waals surface area contributed by atoms with Crippen LogP contribution in [0.25, 0.3) is 5.82 Å². The maximum absolute atomic E-state index is 12.9. The zero-order chi connectivity index (χ0) is 17.1. The number of rotatable bonds is 5. The summed E-state index contributed by atoms with van der Waals surface area (Å²) < 4.78 is 1.80. The molecule has 2 aromatic rings. The Morgan fingerprint density at radius 3 is 2.79 bits per heavy atom. The van der Waals surface area contributed by atoms with Crippen molar-refractivity contribution in [1.82, 2.24) is 25.0 Å². The third kappa shape index (κ3) is 3.33. The quantitative estimate of drug-likeness (QED) is 0.913. The van der Waals surface area contributed by atoms with Crippen molar-refractivity contribution in [1.29, 1.82) is 0 Å². The third-order valence-corrected chi connectivity index (χ3v) is 4.42. The first-order chi connectivity index (χ1) is 11.6. The van der Waals surface area contributed by atoms with Gasteiger partial charge in [-0.2, -0.15) is 5.10 Å². The predicted octanol–water partition coefficient (Wildman–Crippen LogP) is 2.10. The van der Waals surface area contributed by atoms with E-state index in [0.29, 0.717) is 5.56 Å². The van der Waals surface area contributed by atoms with Gasteiger partial charge in [0, 0.05) is 31.0 Å². The van der Waals surface area contributed by atoms with Gasteiger partial charge in [0.2, 0.25) is 0 Å². The van der Waals surface area contributed by atoms with Crippen molar-refractivity contribution < 1.29 is 4.79 Å². The van der Waals surface area contributed by atoms with Gasteiger partial charge < -0.3 is 10.2 Å². The van der Waals surface area contributed by atoms with E-state index in [1.807, 2.05) is 36.9 Å². The van der Waals surface area contributed by atoms with Crippen LogP contribution in [0, 0.1) is 13.8 Å². The van der Waals surface area contributed by atoms with Crippen LogP contribution in [0.2, 0.25) is 0 Å². The number of aromatic nitrogens is 3. The van der Waals surface area contributed by atoms with E-state index in [1.165, 1.54) is 0 Å². The Balaban J connectivity index is 1.81. The van der Waals surface area contributed by atoms with Gasteiger partial charge in [-0.1, -0.05) is 6.92 Å². The molecule has 0 aromatic carbocycles. The van der Waals surface area contributed by atoms with E-state index < -0.39 is 0 Å². The normalized spacial score (nSPS) is 17.2. The van der Waals surface area contributed by atoms with E-state index in [4.69, 9.17) is 0 Å². The molecule has 0 saturated carbocycles. The molecule has 1 N–H and O–H groups in total. The lowest BCUT2D eigenvalue weighted by atomic mass is 10.1. The minimum atomic E-state index is 0.0676. The highest BCUT2D eigenvalue weighted by atomic mass is 16.2. The summed E-state index contributed by atoms with van der Waals surface area (Å²) in [6, 6.07) is 6.01. The number of pyridine rings is 1. The first kappa shape index (κ1) is 16.6. The van der Waals surface area contributed by atoms with Gasteiger partial charge in [0.05, 0.1) is 11.3 Å². The Bertz CT molecular complexity index is 701. The molecular weight excluding hydrogens is 302 g/mol. The SMILES string of the molecule is CCCN(C(=O)c1ccc(-n2nc(C)cc2C)nc1)C1CCNC1. The fourth-order valence-corrected chi connectivity index (χ4v) is 3.26. The number of hydrogen-bond donors (Lipinski definition) is 1. The van der Waals surface area contributed by atoms with Crippen molar-refractivity contribution in [3.63, 3.8) is 0 Å². The lowest BCUT2D eigenvalue weighted by Crippen LogP contribution is -2.42. The van der Waals surface area contributed by atoms with E-state index in [1.54, 1.807) is 10.9 Å². The number of carbonyl (C=O) groups is 1. The van der Waals surface area contributed by atoms with Crippen molar-refractivity contribution in [2.75, 3.05) is 19.6 Å². The van der Waals surface area contributed by atoms with Crippen molar-refractivity contribution in [3.8, 4) is 5.82 Å². The molecule has 0 aliphatic carbocycles. The minimum Gasteiger partial charge on any atom is -0.334 e. The first-order valence-corrected chi connectivity index (χ1v) is 8.61. The lowest BCUT2D eigenvalue weighted by Gasteiger charge is -2.28. The zero-order valence-corrected chi connectivity index (χ0v) is 14.6. The van der Waals surface area contributed by atoms with E-state index >= 15 is 0 Å². The third-order valence-electron chi connectivity index (χ3n) is 4.42. The summed E-state index contributed by atoms with van der Waals surface area (Å²) in [7, 11) is 0. The molecule has 6 nitrogen and oxygen atoms in total. The standard InChI is InChI=1S/C18H25N5O/c1-4-9-22(16-7-8-19-12-16)18(24)15-5-6-17(20-11-15)23-14(3)10-13(2)21-23/h5-6,10-11,16,19H,4,7-9,12H2,1-3H3. The average molecular weight is 327 g/mol. The van der Waals surface area contributed by atoms with Crippen LogP contribution in [0.5, 0.6) is 0 Å². The second kappa shape index (κ2) is 7.13. The highest BCUT2D eigenvalue weighted by Crippen LogP contribution is 2.15. The van der Waals surface area contributed by atoms with Crippen LogP contribution in [-0.4, -0.2) is 51.2 Å². The maximum Gasteiger partial charge on any atom is 0.255 e. The molecular formula is C18H25N5O. The fraction of sp³-hybridized carbons (Fsp3) is 0.500. The van der Waals surface area contributed by atoms with E-state index in [9.17, 15) is 4.79 Å². The minimum absolute atomic E-state index is 0.0676. The Morgan fingerprint density at radius 1 is 1.42 bits per heavy atom. The molecule has 1 aliphatic heterocycles. The summed E-state index contributed by atoms with van der Waals surface area (Å²) in [4.78, 5) is 19.3. The molecule has 0 bridgehead atoms. The largest absolute Gasteiger partial charge is 0.334 e.